The molecule has 0 spiro atoms. The van der Waals surface area contributed by atoms with Gasteiger partial charge in [0.05, 0.1) is 11.4 Å². The summed E-state index contributed by atoms with van der Waals surface area (Å²) >= 11 is 0. The van der Waals surface area contributed by atoms with E-state index in [9.17, 15) is 0 Å². The van der Waals surface area contributed by atoms with Crippen molar-refractivity contribution in [1.29, 1.82) is 0 Å². The van der Waals surface area contributed by atoms with E-state index in [1.165, 1.54) is 0 Å². The third-order valence-corrected chi connectivity index (χ3v) is 1.41. The van der Waals surface area contributed by atoms with Crippen molar-refractivity contribution in [3.8, 4) is 0 Å². The lowest BCUT2D eigenvalue weighted by Gasteiger charge is -1.98. The molecule has 0 radical (unpaired) electrons. The van der Waals surface area contributed by atoms with Crippen LogP contribution in [-0.4, -0.2) is 11.9 Å². The summed E-state index contributed by atoms with van der Waals surface area (Å²) in [6.45, 7) is 19.1. The minimum absolute atomic E-state index is 0.753. The van der Waals surface area contributed by atoms with Crippen LogP contribution < -0.4 is 0 Å². The Labute approximate surface area is 113 Å². The van der Waals surface area contributed by atoms with E-state index in [0.29, 0.717) is 0 Å². The molecule has 0 aliphatic carbocycles. The maximum Gasteiger partial charge on any atom is 0.0876 e. The van der Waals surface area contributed by atoms with Crippen LogP contribution in [0.15, 0.2) is 59.3 Å². The number of rotatable bonds is 5. The molecule has 0 saturated heterocycles. The van der Waals surface area contributed by atoms with Gasteiger partial charge in [0.2, 0.25) is 0 Å². The van der Waals surface area contributed by atoms with Crippen molar-refractivity contribution < 1.29 is 0 Å². The maximum atomic E-state index is 4.19. The standard InChI is InChI=1S/C12H16N2.2C2H6/c1-5-9-13-11(7-3)12(8-4)14-10-6-2;2*1-2/h5-10H,1,4H2,2-3H3;2*1-2H3/b10-6-,11-7-,13-9?,14-12-;;. The molecular weight excluding hydrogens is 220 g/mol. The summed E-state index contributed by atoms with van der Waals surface area (Å²) in [4.78, 5) is 8.35. The second-order valence-corrected chi connectivity index (χ2v) is 2.39. The van der Waals surface area contributed by atoms with Crippen LogP contribution in [0.4, 0.5) is 0 Å². The van der Waals surface area contributed by atoms with Gasteiger partial charge < -0.3 is 0 Å². The van der Waals surface area contributed by atoms with Crippen molar-refractivity contribution in [3.05, 3.63) is 49.4 Å². The third kappa shape index (κ3) is 12.4. The minimum Gasteiger partial charge on any atom is -0.255 e. The molecule has 0 aliphatic rings. The highest BCUT2D eigenvalue weighted by molar-refractivity contribution is 6.08. The molecule has 0 aliphatic heterocycles. The third-order valence-electron chi connectivity index (χ3n) is 1.41. The van der Waals surface area contributed by atoms with Crippen LogP contribution >= 0.6 is 0 Å². The number of allylic oxidation sites excluding steroid dienone is 4. The smallest absolute Gasteiger partial charge is 0.0876 e. The lowest BCUT2D eigenvalue weighted by atomic mass is 10.2. The van der Waals surface area contributed by atoms with Crippen molar-refractivity contribution in [1.82, 2.24) is 0 Å². The zero-order chi connectivity index (χ0) is 14.8. The van der Waals surface area contributed by atoms with Crippen molar-refractivity contribution in [2.45, 2.75) is 41.5 Å². The molecule has 0 aromatic heterocycles. The Kier molecular flexibility index (Phi) is 24.8. The van der Waals surface area contributed by atoms with Gasteiger partial charge in [-0.05, 0) is 19.9 Å². The first-order chi connectivity index (χ1) is 8.79. The van der Waals surface area contributed by atoms with Gasteiger partial charge in [0.1, 0.15) is 0 Å². The fraction of sp³-hybridized carbons (Fsp3) is 0.375. The topological polar surface area (TPSA) is 24.7 Å². The molecule has 0 fully saturated rings. The monoisotopic (exact) mass is 248 g/mol. The lowest BCUT2D eigenvalue weighted by Crippen LogP contribution is -1.95. The largest absolute Gasteiger partial charge is 0.255 e. The van der Waals surface area contributed by atoms with Gasteiger partial charge in [-0.25, -0.2) is 0 Å². The Morgan fingerprint density at radius 3 is 1.89 bits per heavy atom. The normalized spacial score (nSPS) is 11.4. The van der Waals surface area contributed by atoms with Crippen LogP contribution in [0.5, 0.6) is 0 Å². The van der Waals surface area contributed by atoms with Crippen LogP contribution in [0.3, 0.4) is 0 Å². The summed E-state index contributed by atoms with van der Waals surface area (Å²) in [6, 6.07) is 0. The summed E-state index contributed by atoms with van der Waals surface area (Å²) in [5.74, 6) is 0. The number of nitrogens with zero attached hydrogens (tertiary/aromatic N) is 2. The lowest BCUT2D eigenvalue weighted by molar-refractivity contribution is 1.41. The van der Waals surface area contributed by atoms with Gasteiger partial charge >= 0.3 is 0 Å². The van der Waals surface area contributed by atoms with Crippen molar-refractivity contribution in [2.75, 3.05) is 0 Å². The van der Waals surface area contributed by atoms with Gasteiger partial charge in [0.25, 0.3) is 0 Å². The van der Waals surface area contributed by atoms with Gasteiger partial charge in [-0.15, -0.1) is 0 Å². The second-order valence-electron chi connectivity index (χ2n) is 2.39. The van der Waals surface area contributed by atoms with E-state index in [4.69, 9.17) is 0 Å². The first-order valence-electron chi connectivity index (χ1n) is 6.43. The van der Waals surface area contributed by atoms with Crippen LogP contribution in [-0.2, 0) is 0 Å². The molecule has 0 bridgehead atoms. The minimum atomic E-state index is 0.753. The maximum absolute atomic E-state index is 4.19. The molecule has 2 heteroatoms. The molecular formula is C16H28N2. The SMILES string of the molecule is C=CC=NC(=C\C)/C(C=C)=N\C=C/C.CC.CC. The molecule has 0 aromatic carbocycles. The van der Waals surface area contributed by atoms with Gasteiger partial charge in [0.15, 0.2) is 0 Å². The van der Waals surface area contributed by atoms with Gasteiger partial charge in [-0.2, -0.15) is 0 Å². The average molecular weight is 248 g/mol. The summed E-state index contributed by atoms with van der Waals surface area (Å²) < 4.78 is 0. The number of hydrogen-bond acceptors (Lipinski definition) is 2. The van der Waals surface area contributed by atoms with E-state index in [-0.39, 0.29) is 0 Å². The molecule has 2 nitrogen and oxygen atoms in total. The van der Waals surface area contributed by atoms with Gasteiger partial charge in [-0.1, -0.05) is 59.1 Å². The highest BCUT2D eigenvalue weighted by Gasteiger charge is 1.97. The van der Waals surface area contributed by atoms with Crippen LogP contribution in [0.2, 0.25) is 0 Å². The fourth-order valence-corrected chi connectivity index (χ4v) is 0.800. The predicted octanol–water partition coefficient (Wildman–Crippen LogP) is 5.36. The first kappa shape index (κ1) is 21.6. The van der Waals surface area contributed by atoms with E-state index in [0.717, 1.165) is 11.4 Å². The van der Waals surface area contributed by atoms with Crippen molar-refractivity contribution in [2.24, 2.45) is 9.98 Å². The Morgan fingerprint density at radius 2 is 1.56 bits per heavy atom. The molecule has 0 aromatic rings. The number of hydrogen-bond donors (Lipinski definition) is 0. The molecule has 18 heavy (non-hydrogen) atoms. The Hall–Kier alpha value is -1.70. The highest BCUT2D eigenvalue weighted by atomic mass is 14.8. The average Bonchev–Trinajstić information content (AvgIpc) is 2.47. The molecule has 0 N–H and O–H groups in total. The van der Waals surface area contributed by atoms with E-state index in [2.05, 4.69) is 23.1 Å². The van der Waals surface area contributed by atoms with E-state index in [1.807, 2.05) is 53.7 Å². The summed E-state index contributed by atoms with van der Waals surface area (Å²) in [5, 5.41) is 0. The van der Waals surface area contributed by atoms with Crippen LogP contribution in [0.25, 0.3) is 0 Å². The predicted molar refractivity (Wildman–Crippen MR) is 87.6 cm³/mol. The van der Waals surface area contributed by atoms with Gasteiger partial charge in [0, 0.05) is 12.4 Å². The molecule has 0 amide bonds. The zero-order valence-corrected chi connectivity index (χ0v) is 12.8. The zero-order valence-electron chi connectivity index (χ0n) is 12.8. The Balaban J connectivity index is -0.000000506. The van der Waals surface area contributed by atoms with Crippen molar-refractivity contribution in [3.63, 3.8) is 0 Å². The van der Waals surface area contributed by atoms with Crippen LogP contribution in [0, 0.1) is 0 Å². The molecule has 0 unspecified atom stereocenters. The van der Waals surface area contributed by atoms with Crippen LogP contribution in [0.1, 0.15) is 41.5 Å². The van der Waals surface area contributed by atoms with E-state index in [1.54, 1.807) is 24.6 Å². The molecule has 0 saturated carbocycles. The Bertz CT molecular complexity index is 305. The quantitative estimate of drug-likeness (QED) is 0.585. The molecule has 102 valence electrons. The molecule has 0 rings (SSSR count). The summed E-state index contributed by atoms with van der Waals surface area (Å²) in [7, 11) is 0. The fourth-order valence-electron chi connectivity index (χ4n) is 0.800. The van der Waals surface area contributed by atoms with E-state index < -0.39 is 0 Å². The first-order valence-corrected chi connectivity index (χ1v) is 6.43. The number of aliphatic imine (C=N–C) groups is 2. The van der Waals surface area contributed by atoms with E-state index >= 15 is 0 Å². The van der Waals surface area contributed by atoms with Gasteiger partial charge in [-0.3, -0.25) is 9.98 Å². The Morgan fingerprint density at radius 1 is 1.00 bits per heavy atom. The highest BCUT2D eigenvalue weighted by Crippen LogP contribution is 2.02. The molecule has 0 atom stereocenters. The summed E-state index contributed by atoms with van der Waals surface area (Å²) in [5.41, 5.74) is 1.54. The van der Waals surface area contributed by atoms with Crippen molar-refractivity contribution >= 4 is 11.9 Å². The second kappa shape index (κ2) is 20.7. The molecule has 0 heterocycles. The summed E-state index contributed by atoms with van der Waals surface area (Å²) in [6.07, 6.45) is 10.4.